The Labute approximate surface area is 145 Å². The summed E-state index contributed by atoms with van der Waals surface area (Å²) in [5.41, 5.74) is 1.78. The molecule has 1 fully saturated rings. The maximum absolute atomic E-state index is 12.3. The largest absolute Gasteiger partial charge is 0.458 e. The van der Waals surface area contributed by atoms with Crippen LogP contribution in [-0.2, 0) is 6.54 Å². The first-order valence-electron chi connectivity index (χ1n) is 8.14. The molecule has 1 saturated heterocycles. The van der Waals surface area contributed by atoms with Crippen LogP contribution < -0.4 is 10.1 Å². The zero-order valence-corrected chi connectivity index (χ0v) is 14.8. The van der Waals surface area contributed by atoms with Gasteiger partial charge in [-0.2, -0.15) is 0 Å². The van der Waals surface area contributed by atoms with Crippen molar-refractivity contribution in [3.63, 3.8) is 0 Å². The summed E-state index contributed by atoms with van der Waals surface area (Å²) in [4.78, 5) is 23.9. The van der Waals surface area contributed by atoms with E-state index in [0.29, 0.717) is 19.1 Å². The average Bonchev–Trinajstić information content (AvgIpc) is 3.05. The molecule has 0 bridgehead atoms. The minimum atomic E-state index is -0.0626. The number of hydrogen-bond donors (Lipinski definition) is 1. The van der Waals surface area contributed by atoms with Crippen LogP contribution in [0.1, 0.15) is 29.1 Å². The smallest absolute Gasteiger partial charge is 0.317 e. The fraction of sp³-hybridized carbons (Fsp3) is 0.471. The molecule has 0 radical (unpaired) electrons. The molecule has 3 heterocycles. The Morgan fingerprint density at radius 3 is 2.92 bits per heavy atom. The number of nitrogens with zero attached hydrogens (tertiary/aromatic N) is 3. The van der Waals surface area contributed by atoms with Crippen molar-refractivity contribution in [3.05, 3.63) is 39.8 Å². The lowest BCUT2D eigenvalue weighted by Crippen LogP contribution is -2.48. The number of urea groups is 1. The van der Waals surface area contributed by atoms with Gasteiger partial charge in [-0.25, -0.2) is 14.8 Å². The van der Waals surface area contributed by atoms with Crippen LogP contribution in [0.25, 0.3) is 0 Å². The first-order chi connectivity index (χ1) is 11.6. The molecule has 128 valence electrons. The number of aryl methyl sites for hydroxylation is 2. The summed E-state index contributed by atoms with van der Waals surface area (Å²) in [6.07, 6.45) is 1.76. The van der Waals surface area contributed by atoms with E-state index in [-0.39, 0.29) is 12.1 Å². The van der Waals surface area contributed by atoms with Gasteiger partial charge in [-0.1, -0.05) is 6.07 Å². The summed E-state index contributed by atoms with van der Waals surface area (Å²) in [6.45, 7) is 5.73. The van der Waals surface area contributed by atoms with Gasteiger partial charge in [0.15, 0.2) is 0 Å². The van der Waals surface area contributed by atoms with E-state index in [4.69, 9.17) is 4.74 Å². The van der Waals surface area contributed by atoms with Crippen molar-refractivity contribution >= 4 is 17.4 Å². The van der Waals surface area contributed by atoms with Gasteiger partial charge in [0.25, 0.3) is 0 Å². The molecule has 0 aliphatic carbocycles. The number of carbonyl (C=O) groups excluding carboxylic acids is 1. The number of hydrogen-bond acceptors (Lipinski definition) is 5. The van der Waals surface area contributed by atoms with Crippen LogP contribution in [0.15, 0.2) is 23.6 Å². The molecule has 2 amide bonds. The molecule has 2 aromatic rings. The van der Waals surface area contributed by atoms with Gasteiger partial charge in [0.05, 0.1) is 13.1 Å². The molecular weight excluding hydrogens is 324 g/mol. The third kappa shape index (κ3) is 4.44. The monoisotopic (exact) mass is 346 g/mol. The van der Waals surface area contributed by atoms with E-state index in [1.807, 2.05) is 42.3 Å². The zero-order valence-electron chi connectivity index (χ0n) is 14.0. The van der Waals surface area contributed by atoms with Gasteiger partial charge in [0, 0.05) is 22.8 Å². The van der Waals surface area contributed by atoms with E-state index >= 15 is 0 Å². The molecule has 1 atom stereocenters. The highest BCUT2D eigenvalue weighted by Gasteiger charge is 2.25. The minimum absolute atomic E-state index is 0.0435. The van der Waals surface area contributed by atoms with Gasteiger partial charge in [-0.3, -0.25) is 0 Å². The molecule has 2 aromatic heterocycles. The number of piperidine rings is 1. The van der Waals surface area contributed by atoms with Crippen LogP contribution in [0.4, 0.5) is 4.79 Å². The standard InChI is InChI=1S/C17H22N4O2S/c1-12-9-13(2)20-16(19-12)23-14-5-3-7-21(11-14)17(22)18-10-15-6-4-8-24-15/h4,6,8-9,14H,3,5,7,10-11H2,1-2H3,(H,18,22). The summed E-state index contributed by atoms with van der Waals surface area (Å²) >= 11 is 1.64. The Morgan fingerprint density at radius 1 is 1.42 bits per heavy atom. The van der Waals surface area contributed by atoms with E-state index < -0.39 is 0 Å². The van der Waals surface area contributed by atoms with E-state index in [2.05, 4.69) is 15.3 Å². The normalized spacial score (nSPS) is 17.6. The van der Waals surface area contributed by atoms with Crippen molar-refractivity contribution in [1.29, 1.82) is 0 Å². The molecule has 1 unspecified atom stereocenters. The van der Waals surface area contributed by atoms with Crippen molar-refractivity contribution in [3.8, 4) is 6.01 Å². The Balaban J connectivity index is 1.54. The van der Waals surface area contributed by atoms with Crippen LogP contribution in [0.5, 0.6) is 6.01 Å². The predicted octanol–water partition coefficient (Wildman–Crippen LogP) is 2.91. The van der Waals surface area contributed by atoms with Crippen LogP contribution in [0, 0.1) is 13.8 Å². The van der Waals surface area contributed by atoms with E-state index in [1.54, 1.807) is 11.3 Å². The lowest BCUT2D eigenvalue weighted by molar-refractivity contribution is 0.0935. The summed E-state index contributed by atoms with van der Waals surface area (Å²) in [7, 11) is 0. The Hall–Kier alpha value is -2.15. The maximum Gasteiger partial charge on any atom is 0.317 e. The van der Waals surface area contributed by atoms with Crippen LogP contribution in [0.2, 0.25) is 0 Å². The Bertz CT molecular complexity index is 670. The summed E-state index contributed by atoms with van der Waals surface area (Å²) in [5.74, 6) is 0. The average molecular weight is 346 g/mol. The van der Waals surface area contributed by atoms with Crippen molar-refractivity contribution < 1.29 is 9.53 Å². The van der Waals surface area contributed by atoms with Crippen LogP contribution >= 0.6 is 11.3 Å². The van der Waals surface area contributed by atoms with Crippen molar-refractivity contribution in [1.82, 2.24) is 20.2 Å². The van der Waals surface area contributed by atoms with Gasteiger partial charge in [0.2, 0.25) is 0 Å². The Kier molecular flexibility index (Phi) is 5.30. The molecule has 1 aliphatic rings. The molecule has 0 spiro atoms. The molecule has 1 N–H and O–H groups in total. The summed E-state index contributed by atoms with van der Waals surface area (Å²) < 4.78 is 5.91. The predicted molar refractivity (Wildman–Crippen MR) is 93.3 cm³/mol. The Morgan fingerprint density at radius 2 is 2.21 bits per heavy atom. The molecule has 24 heavy (non-hydrogen) atoms. The van der Waals surface area contributed by atoms with E-state index in [1.165, 1.54) is 0 Å². The van der Waals surface area contributed by atoms with Gasteiger partial charge in [-0.05, 0) is 44.2 Å². The number of amides is 2. The number of carbonyl (C=O) groups is 1. The minimum Gasteiger partial charge on any atom is -0.458 e. The molecule has 1 aliphatic heterocycles. The first-order valence-corrected chi connectivity index (χ1v) is 9.02. The molecule has 6 nitrogen and oxygen atoms in total. The number of thiophene rings is 1. The molecule has 0 saturated carbocycles. The number of ether oxygens (including phenoxy) is 1. The van der Waals surface area contributed by atoms with E-state index in [9.17, 15) is 4.79 Å². The summed E-state index contributed by atoms with van der Waals surface area (Å²) in [5, 5.41) is 4.98. The second-order valence-electron chi connectivity index (χ2n) is 6.00. The fourth-order valence-corrected chi connectivity index (χ4v) is 3.45. The third-order valence-electron chi connectivity index (χ3n) is 3.89. The summed E-state index contributed by atoms with van der Waals surface area (Å²) in [6, 6.07) is 6.28. The van der Waals surface area contributed by atoms with Crippen molar-refractivity contribution in [2.45, 2.75) is 39.3 Å². The van der Waals surface area contributed by atoms with Crippen LogP contribution in [-0.4, -0.2) is 40.1 Å². The van der Waals surface area contributed by atoms with Crippen molar-refractivity contribution in [2.24, 2.45) is 0 Å². The van der Waals surface area contributed by atoms with E-state index in [0.717, 1.165) is 35.7 Å². The first kappa shape index (κ1) is 16.7. The fourth-order valence-electron chi connectivity index (χ4n) is 2.80. The second kappa shape index (κ2) is 7.61. The van der Waals surface area contributed by atoms with Gasteiger partial charge in [-0.15, -0.1) is 11.3 Å². The topological polar surface area (TPSA) is 67.3 Å². The number of nitrogens with one attached hydrogen (secondary N) is 1. The second-order valence-corrected chi connectivity index (χ2v) is 7.03. The number of likely N-dealkylation sites (tertiary alicyclic amines) is 1. The third-order valence-corrected chi connectivity index (χ3v) is 4.77. The van der Waals surface area contributed by atoms with Gasteiger partial charge < -0.3 is 15.0 Å². The lowest BCUT2D eigenvalue weighted by Gasteiger charge is -2.32. The van der Waals surface area contributed by atoms with Crippen LogP contribution in [0.3, 0.4) is 0 Å². The lowest BCUT2D eigenvalue weighted by atomic mass is 10.1. The molecular formula is C17H22N4O2S. The molecule has 7 heteroatoms. The SMILES string of the molecule is Cc1cc(C)nc(OC2CCCN(C(=O)NCc3cccs3)C2)n1. The quantitative estimate of drug-likeness (QED) is 0.924. The number of rotatable bonds is 4. The maximum atomic E-state index is 12.3. The highest BCUT2D eigenvalue weighted by Crippen LogP contribution is 2.17. The highest BCUT2D eigenvalue weighted by atomic mass is 32.1. The highest BCUT2D eigenvalue weighted by molar-refractivity contribution is 7.09. The molecule has 3 rings (SSSR count). The number of aromatic nitrogens is 2. The van der Waals surface area contributed by atoms with Gasteiger partial charge >= 0.3 is 12.0 Å². The molecule has 0 aromatic carbocycles. The zero-order chi connectivity index (χ0) is 16.9. The van der Waals surface area contributed by atoms with Crippen molar-refractivity contribution in [2.75, 3.05) is 13.1 Å². The van der Waals surface area contributed by atoms with Gasteiger partial charge in [0.1, 0.15) is 6.10 Å².